The first-order valence-electron chi connectivity index (χ1n) is 8.04. The lowest BCUT2D eigenvalue weighted by atomic mass is 10.2. The van der Waals surface area contributed by atoms with Gasteiger partial charge < -0.3 is 4.74 Å². The molecule has 0 saturated heterocycles. The Kier molecular flexibility index (Phi) is 5.68. The van der Waals surface area contributed by atoms with Crippen LogP contribution in [0.3, 0.4) is 0 Å². The molecule has 0 amide bonds. The lowest BCUT2D eigenvalue weighted by Crippen LogP contribution is -2.48. The van der Waals surface area contributed by atoms with E-state index in [0.29, 0.717) is 6.61 Å². The molecule has 0 fully saturated rings. The Labute approximate surface area is 142 Å². The van der Waals surface area contributed by atoms with Gasteiger partial charge in [0.15, 0.2) is 0 Å². The van der Waals surface area contributed by atoms with Crippen molar-refractivity contribution in [2.24, 2.45) is 5.92 Å². The second-order valence-corrected chi connectivity index (χ2v) is 10.3. The first kappa shape index (κ1) is 17.4. The van der Waals surface area contributed by atoms with Crippen LogP contribution in [-0.2, 0) is 0 Å². The molecule has 0 aliphatic carbocycles. The molecule has 2 heteroatoms. The van der Waals surface area contributed by atoms with Crippen LogP contribution >= 0.6 is 0 Å². The SMILES string of the molecule is C#CC(C)COc1ccc([Si](c2ccccc2)C(C)(C)C)cc1. The smallest absolute Gasteiger partial charge is 0.126 e. The zero-order chi connectivity index (χ0) is 16.9. The summed E-state index contributed by atoms with van der Waals surface area (Å²) in [5, 5.41) is 3.09. The van der Waals surface area contributed by atoms with Gasteiger partial charge in [0.05, 0.1) is 5.92 Å². The third-order valence-corrected chi connectivity index (χ3v) is 7.06. The first-order valence-corrected chi connectivity index (χ1v) is 9.54. The third-order valence-electron chi connectivity index (χ3n) is 3.74. The molecule has 1 nitrogen and oxygen atoms in total. The van der Waals surface area contributed by atoms with Gasteiger partial charge in [0, 0.05) is 0 Å². The van der Waals surface area contributed by atoms with Crippen LogP contribution in [0.25, 0.3) is 0 Å². The minimum absolute atomic E-state index is 0.133. The van der Waals surface area contributed by atoms with Gasteiger partial charge in [-0.3, -0.25) is 0 Å². The Morgan fingerprint density at radius 2 is 1.57 bits per heavy atom. The van der Waals surface area contributed by atoms with Gasteiger partial charge in [0.2, 0.25) is 0 Å². The highest BCUT2D eigenvalue weighted by molar-refractivity contribution is 6.87. The Hall–Kier alpha value is -1.98. The molecule has 1 radical (unpaired) electrons. The molecule has 119 valence electrons. The minimum Gasteiger partial charge on any atom is -0.492 e. The molecule has 0 aliphatic heterocycles. The van der Waals surface area contributed by atoms with Crippen LogP contribution in [0.2, 0.25) is 5.04 Å². The second-order valence-electron chi connectivity index (χ2n) is 6.89. The molecular formula is C21H25OSi. The molecule has 1 atom stereocenters. The fourth-order valence-electron chi connectivity index (χ4n) is 2.62. The molecule has 0 N–H and O–H groups in total. The van der Waals surface area contributed by atoms with Crippen molar-refractivity contribution in [3.8, 4) is 18.1 Å². The maximum atomic E-state index is 5.75. The van der Waals surface area contributed by atoms with Gasteiger partial charge in [-0.1, -0.05) is 73.6 Å². The monoisotopic (exact) mass is 321 g/mol. The molecule has 0 bridgehead atoms. The van der Waals surface area contributed by atoms with Crippen molar-refractivity contribution >= 4 is 19.2 Å². The molecule has 0 heterocycles. The summed E-state index contributed by atoms with van der Waals surface area (Å²) in [6.07, 6.45) is 5.39. The largest absolute Gasteiger partial charge is 0.492 e. The highest BCUT2D eigenvalue weighted by Gasteiger charge is 2.30. The molecule has 0 spiro atoms. The summed E-state index contributed by atoms with van der Waals surface area (Å²) in [5.41, 5.74) is 0. The summed E-state index contributed by atoms with van der Waals surface area (Å²) in [5.74, 6) is 3.71. The van der Waals surface area contributed by atoms with Gasteiger partial charge >= 0.3 is 0 Å². The summed E-state index contributed by atoms with van der Waals surface area (Å²) < 4.78 is 5.75. The molecule has 0 aromatic heterocycles. The van der Waals surface area contributed by atoms with Crippen molar-refractivity contribution in [1.29, 1.82) is 0 Å². The topological polar surface area (TPSA) is 9.23 Å². The van der Waals surface area contributed by atoms with Crippen LogP contribution in [0, 0.1) is 18.3 Å². The van der Waals surface area contributed by atoms with Crippen molar-refractivity contribution in [2.75, 3.05) is 6.61 Å². The summed E-state index contributed by atoms with van der Waals surface area (Å²) in [4.78, 5) is 0. The van der Waals surface area contributed by atoms with Crippen molar-refractivity contribution in [2.45, 2.75) is 32.7 Å². The molecule has 1 unspecified atom stereocenters. The van der Waals surface area contributed by atoms with Gasteiger partial charge in [0.25, 0.3) is 0 Å². The maximum absolute atomic E-state index is 5.75. The van der Waals surface area contributed by atoms with Crippen LogP contribution in [0.15, 0.2) is 54.6 Å². The Balaban J connectivity index is 2.22. The number of ether oxygens (including phenoxy) is 1. The summed E-state index contributed by atoms with van der Waals surface area (Å²) >= 11 is 0. The lowest BCUT2D eigenvalue weighted by molar-refractivity contribution is 0.289. The van der Waals surface area contributed by atoms with Crippen molar-refractivity contribution in [3.05, 3.63) is 54.6 Å². The number of terminal acetylenes is 1. The lowest BCUT2D eigenvalue weighted by Gasteiger charge is -2.29. The van der Waals surface area contributed by atoms with Crippen LogP contribution < -0.4 is 15.1 Å². The van der Waals surface area contributed by atoms with E-state index in [9.17, 15) is 0 Å². The van der Waals surface area contributed by atoms with Crippen LogP contribution in [0.1, 0.15) is 27.7 Å². The van der Waals surface area contributed by atoms with Crippen LogP contribution in [-0.4, -0.2) is 15.4 Å². The normalized spacial score (nSPS) is 12.7. The summed E-state index contributed by atoms with van der Waals surface area (Å²) in [6, 6.07) is 19.4. The third kappa shape index (κ3) is 4.74. The van der Waals surface area contributed by atoms with E-state index in [1.807, 2.05) is 6.92 Å². The zero-order valence-corrected chi connectivity index (χ0v) is 15.5. The zero-order valence-electron chi connectivity index (χ0n) is 14.5. The molecule has 2 rings (SSSR count). The molecule has 2 aromatic rings. The van der Waals surface area contributed by atoms with Gasteiger partial charge in [-0.2, -0.15) is 0 Å². The van der Waals surface area contributed by atoms with E-state index in [0.717, 1.165) is 5.75 Å². The van der Waals surface area contributed by atoms with Crippen LogP contribution in [0.5, 0.6) is 5.75 Å². The van der Waals surface area contributed by atoms with Crippen LogP contribution in [0.4, 0.5) is 0 Å². The second kappa shape index (κ2) is 7.52. The average molecular weight is 322 g/mol. The first-order chi connectivity index (χ1) is 10.9. The van der Waals surface area contributed by atoms with E-state index in [2.05, 4.69) is 81.3 Å². The number of hydrogen-bond acceptors (Lipinski definition) is 1. The average Bonchev–Trinajstić information content (AvgIpc) is 2.53. The van der Waals surface area contributed by atoms with Gasteiger partial charge in [-0.15, -0.1) is 12.3 Å². The molecule has 23 heavy (non-hydrogen) atoms. The Morgan fingerprint density at radius 3 is 2.09 bits per heavy atom. The fourth-order valence-corrected chi connectivity index (χ4v) is 5.72. The number of benzene rings is 2. The fraction of sp³-hybridized carbons (Fsp3) is 0.333. The highest BCUT2D eigenvalue weighted by Crippen LogP contribution is 2.27. The maximum Gasteiger partial charge on any atom is 0.126 e. The molecular weight excluding hydrogens is 296 g/mol. The van der Waals surface area contributed by atoms with Crippen molar-refractivity contribution in [3.63, 3.8) is 0 Å². The Bertz CT molecular complexity index is 647. The van der Waals surface area contributed by atoms with Gasteiger partial charge in [-0.05, 0) is 24.1 Å². The summed E-state index contributed by atoms with van der Waals surface area (Å²) in [6.45, 7) is 9.53. The predicted molar refractivity (Wildman–Crippen MR) is 101 cm³/mol. The van der Waals surface area contributed by atoms with E-state index in [4.69, 9.17) is 11.2 Å². The van der Waals surface area contributed by atoms with E-state index >= 15 is 0 Å². The van der Waals surface area contributed by atoms with E-state index < -0.39 is 8.80 Å². The van der Waals surface area contributed by atoms with Crippen molar-refractivity contribution in [1.82, 2.24) is 0 Å². The van der Waals surface area contributed by atoms with E-state index in [-0.39, 0.29) is 11.0 Å². The molecule has 0 aliphatic rings. The van der Waals surface area contributed by atoms with Gasteiger partial charge in [-0.25, -0.2) is 0 Å². The van der Waals surface area contributed by atoms with E-state index in [1.165, 1.54) is 10.4 Å². The van der Waals surface area contributed by atoms with Gasteiger partial charge in [0.1, 0.15) is 21.2 Å². The van der Waals surface area contributed by atoms with Crippen molar-refractivity contribution < 1.29 is 4.74 Å². The number of rotatable bonds is 5. The number of hydrogen-bond donors (Lipinski definition) is 0. The highest BCUT2D eigenvalue weighted by atomic mass is 28.3. The molecule has 0 saturated carbocycles. The quantitative estimate of drug-likeness (QED) is 0.602. The Morgan fingerprint density at radius 1 is 1.00 bits per heavy atom. The standard InChI is InChI=1S/C21H25OSi/c1-6-17(2)16-22-18-12-14-20(15-13-18)23(21(3,4)5)19-10-8-7-9-11-19/h1,7-15,17H,16H2,2-5H3. The minimum atomic E-state index is -0.855. The molecule has 2 aromatic carbocycles. The summed E-state index contributed by atoms with van der Waals surface area (Å²) in [7, 11) is -0.855. The predicted octanol–water partition coefficient (Wildman–Crippen LogP) is 3.74. The van der Waals surface area contributed by atoms with E-state index in [1.54, 1.807) is 0 Å².